The molecule has 3 aromatic rings. The minimum atomic E-state index is 0. The Bertz CT molecular complexity index is 839. The van der Waals surface area contributed by atoms with Crippen molar-refractivity contribution in [3.63, 3.8) is 0 Å². The third-order valence-corrected chi connectivity index (χ3v) is 5.63. The van der Waals surface area contributed by atoms with E-state index >= 15 is 0 Å². The molecule has 0 aliphatic heterocycles. The maximum absolute atomic E-state index is 4.33. The molecule has 0 saturated heterocycles. The quantitative estimate of drug-likeness (QED) is 0.272. The second-order valence-corrected chi connectivity index (χ2v) is 7.34. The second-order valence-electron chi connectivity index (χ2n) is 6.36. The van der Waals surface area contributed by atoms with Crippen LogP contribution in [0.15, 0.2) is 46.9 Å². The van der Waals surface area contributed by atoms with E-state index in [1.165, 1.54) is 26.9 Å². The van der Waals surface area contributed by atoms with E-state index < -0.39 is 0 Å². The molecule has 0 spiro atoms. The van der Waals surface area contributed by atoms with Crippen LogP contribution in [0.1, 0.15) is 28.8 Å². The number of aryl methyl sites for hydroxylation is 1. The number of aromatic nitrogens is 1. The molecule has 3 rings (SSSR count). The van der Waals surface area contributed by atoms with Crippen molar-refractivity contribution in [3.8, 4) is 0 Å². The van der Waals surface area contributed by atoms with Gasteiger partial charge in [0.05, 0.1) is 0 Å². The van der Waals surface area contributed by atoms with Gasteiger partial charge in [-0.15, -0.1) is 35.3 Å². The molecular formula is C20H27IN4S. The lowest BCUT2D eigenvalue weighted by molar-refractivity contribution is 0.707. The lowest BCUT2D eigenvalue weighted by Crippen LogP contribution is -2.39. The highest BCUT2D eigenvalue weighted by molar-refractivity contribution is 14.0. The van der Waals surface area contributed by atoms with Gasteiger partial charge in [0.15, 0.2) is 5.96 Å². The van der Waals surface area contributed by atoms with Gasteiger partial charge in [-0.1, -0.05) is 31.2 Å². The van der Waals surface area contributed by atoms with Crippen molar-refractivity contribution in [2.75, 3.05) is 20.1 Å². The highest BCUT2D eigenvalue weighted by atomic mass is 127. The molecule has 0 amide bonds. The molecule has 1 unspecified atom stereocenters. The van der Waals surface area contributed by atoms with E-state index in [1.807, 2.05) is 7.05 Å². The molecule has 1 atom stereocenters. The molecule has 2 heterocycles. The van der Waals surface area contributed by atoms with Crippen molar-refractivity contribution in [2.24, 2.45) is 4.99 Å². The van der Waals surface area contributed by atoms with E-state index in [-0.39, 0.29) is 24.0 Å². The first-order valence-electron chi connectivity index (χ1n) is 8.72. The molecular weight excluding hydrogens is 455 g/mol. The van der Waals surface area contributed by atoms with Gasteiger partial charge in [-0.3, -0.25) is 4.99 Å². The number of nitrogens with zero attached hydrogens (tertiary/aromatic N) is 1. The zero-order valence-corrected chi connectivity index (χ0v) is 18.7. The number of thiophene rings is 1. The predicted molar refractivity (Wildman–Crippen MR) is 124 cm³/mol. The normalized spacial score (nSPS) is 12.7. The third-order valence-electron chi connectivity index (χ3n) is 4.52. The summed E-state index contributed by atoms with van der Waals surface area (Å²) in [6.07, 6.45) is 3.08. The maximum atomic E-state index is 4.33. The van der Waals surface area contributed by atoms with E-state index in [4.69, 9.17) is 0 Å². The summed E-state index contributed by atoms with van der Waals surface area (Å²) in [7, 11) is 1.82. The van der Waals surface area contributed by atoms with Crippen molar-refractivity contribution in [1.29, 1.82) is 0 Å². The topological polar surface area (TPSA) is 52.2 Å². The Morgan fingerprint density at radius 2 is 2.08 bits per heavy atom. The zero-order chi connectivity index (χ0) is 17.6. The summed E-state index contributed by atoms with van der Waals surface area (Å²) < 4.78 is 0. The fraction of sp³-hybridized carbons (Fsp3) is 0.350. The molecule has 2 aromatic heterocycles. The van der Waals surface area contributed by atoms with Crippen molar-refractivity contribution >= 4 is 52.2 Å². The Hall–Kier alpha value is -1.54. The van der Waals surface area contributed by atoms with Gasteiger partial charge in [0.2, 0.25) is 0 Å². The number of halogens is 1. The maximum Gasteiger partial charge on any atom is 0.191 e. The first kappa shape index (κ1) is 20.8. The van der Waals surface area contributed by atoms with Gasteiger partial charge in [-0.2, -0.15) is 0 Å². The van der Waals surface area contributed by atoms with Crippen LogP contribution >= 0.6 is 35.3 Å². The standard InChI is InChI=1S/C20H26N4S.HI/c1-14-6-4-7-17-16(13-23-19(14)17)9-10-22-20(21-3)24-12-15(2)18-8-5-11-25-18;/h4-8,11,13,15,23H,9-10,12H2,1-3H3,(H2,21,22,24);1H. The zero-order valence-electron chi connectivity index (χ0n) is 15.5. The fourth-order valence-electron chi connectivity index (χ4n) is 3.03. The average molecular weight is 482 g/mol. The van der Waals surface area contributed by atoms with Crippen molar-refractivity contribution < 1.29 is 0 Å². The number of aliphatic imine (C=N–C) groups is 1. The largest absolute Gasteiger partial charge is 0.361 e. The van der Waals surface area contributed by atoms with Gasteiger partial charge in [0, 0.05) is 48.0 Å². The van der Waals surface area contributed by atoms with Crippen LogP contribution in [0, 0.1) is 6.92 Å². The van der Waals surface area contributed by atoms with Gasteiger partial charge in [0.1, 0.15) is 0 Å². The van der Waals surface area contributed by atoms with Crippen molar-refractivity contribution in [3.05, 3.63) is 57.9 Å². The summed E-state index contributed by atoms with van der Waals surface area (Å²) in [4.78, 5) is 9.12. The number of hydrogen-bond donors (Lipinski definition) is 3. The van der Waals surface area contributed by atoms with Crippen LogP contribution in [-0.4, -0.2) is 31.1 Å². The minimum Gasteiger partial charge on any atom is -0.361 e. The molecule has 0 aliphatic rings. The predicted octanol–water partition coefficient (Wildman–Crippen LogP) is 4.67. The second kappa shape index (κ2) is 9.97. The molecule has 26 heavy (non-hydrogen) atoms. The molecule has 0 fully saturated rings. The summed E-state index contributed by atoms with van der Waals surface area (Å²) in [5, 5.41) is 10.3. The first-order valence-corrected chi connectivity index (χ1v) is 9.60. The van der Waals surface area contributed by atoms with Crippen LogP contribution in [0.25, 0.3) is 10.9 Å². The van der Waals surface area contributed by atoms with E-state index in [0.717, 1.165) is 25.5 Å². The Morgan fingerprint density at radius 1 is 1.23 bits per heavy atom. The van der Waals surface area contributed by atoms with Gasteiger partial charge in [-0.25, -0.2) is 0 Å². The van der Waals surface area contributed by atoms with Crippen LogP contribution in [-0.2, 0) is 6.42 Å². The first-order chi connectivity index (χ1) is 12.2. The van der Waals surface area contributed by atoms with E-state index in [0.29, 0.717) is 5.92 Å². The smallest absolute Gasteiger partial charge is 0.191 e. The van der Waals surface area contributed by atoms with Crippen molar-refractivity contribution in [1.82, 2.24) is 15.6 Å². The number of rotatable bonds is 6. The number of hydrogen-bond acceptors (Lipinski definition) is 2. The Labute approximate surface area is 176 Å². The highest BCUT2D eigenvalue weighted by Crippen LogP contribution is 2.21. The number of para-hydroxylation sites is 1. The van der Waals surface area contributed by atoms with Gasteiger partial charge in [-0.05, 0) is 35.9 Å². The number of H-pyrrole nitrogens is 1. The van der Waals surface area contributed by atoms with Crippen molar-refractivity contribution in [2.45, 2.75) is 26.2 Å². The summed E-state index contributed by atoms with van der Waals surface area (Å²) in [5.74, 6) is 1.34. The molecule has 0 bridgehead atoms. The molecule has 1 aromatic carbocycles. The summed E-state index contributed by atoms with van der Waals surface area (Å²) in [6, 6.07) is 10.7. The van der Waals surface area contributed by atoms with E-state index in [1.54, 1.807) is 11.3 Å². The van der Waals surface area contributed by atoms with Gasteiger partial charge in [0.25, 0.3) is 0 Å². The molecule has 4 nitrogen and oxygen atoms in total. The summed E-state index contributed by atoms with van der Waals surface area (Å²) >= 11 is 1.80. The number of fused-ring (bicyclic) bond motifs is 1. The summed E-state index contributed by atoms with van der Waals surface area (Å²) in [5.41, 5.74) is 3.87. The SMILES string of the molecule is CN=C(NCCc1c[nH]c2c(C)cccc12)NCC(C)c1cccs1.I. The molecule has 6 heteroatoms. The minimum absolute atomic E-state index is 0. The number of aromatic amines is 1. The van der Waals surface area contributed by atoms with Crippen LogP contribution in [0.3, 0.4) is 0 Å². The molecule has 140 valence electrons. The highest BCUT2D eigenvalue weighted by Gasteiger charge is 2.08. The third kappa shape index (κ3) is 5.01. The number of nitrogens with one attached hydrogen (secondary N) is 3. The van der Waals surface area contributed by atoms with Crippen LogP contribution in [0.5, 0.6) is 0 Å². The van der Waals surface area contributed by atoms with Crippen LogP contribution in [0.4, 0.5) is 0 Å². The number of guanidine groups is 1. The van der Waals surface area contributed by atoms with E-state index in [2.05, 4.69) is 76.4 Å². The molecule has 3 N–H and O–H groups in total. The number of benzene rings is 1. The van der Waals surface area contributed by atoms with Crippen LogP contribution < -0.4 is 10.6 Å². The average Bonchev–Trinajstić information content (AvgIpc) is 3.28. The Morgan fingerprint density at radius 3 is 2.81 bits per heavy atom. The van der Waals surface area contributed by atoms with Gasteiger partial charge >= 0.3 is 0 Å². The fourth-order valence-corrected chi connectivity index (χ4v) is 3.82. The summed E-state index contributed by atoms with van der Waals surface area (Å²) in [6.45, 7) is 6.11. The van der Waals surface area contributed by atoms with E-state index in [9.17, 15) is 0 Å². The molecule has 0 saturated carbocycles. The Balaban J connectivity index is 0.00000243. The Kier molecular flexibility index (Phi) is 7.96. The monoisotopic (exact) mass is 482 g/mol. The van der Waals surface area contributed by atoms with Crippen LogP contribution in [0.2, 0.25) is 0 Å². The lowest BCUT2D eigenvalue weighted by Gasteiger charge is -2.15. The lowest BCUT2D eigenvalue weighted by atomic mass is 10.1. The van der Waals surface area contributed by atoms with Gasteiger partial charge < -0.3 is 15.6 Å². The molecule has 0 radical (unpaired) electrons. The molecule has 0 aliphatic carbocycles.